The second kappa shape index (κ2) is 12.5. The minimum atomic E-state index is -3.13. The summed E-state index contributed by atoms with van der Waals surface area (Å²) in [4.78, 5) is 38.5. The summed E-state index contributed by atoms with van der Waals surface area (Å²) in [5, 5.41) is 5.59. The number of rotatable bonds is 6. The number of carbonyl (C=O) groups excluding carboxylic acids is 2. The maximum absolute atomic E-state index is 12.5. The van der Waals surface area contributed by atoms with Gasteiger partial charge in [-0.15, -0.1) is 0 Å². The zero-order chi connectivity index (χ0) is 21.1. The summed E-state index contributed by atoms with van der Waals surface area (Å²) < 4.78 is 13.8. The highest BCUT2D eigenvalue weighted by molar-refractivity contribution is 7.30. The average Bonchev–Trinajstić information content (AvgIpc) is 2.51. The van der Waals surface area contributed by atoms with Gasteiger partial charge in [0.25, 0.3) is 0 Å². The Hall–Kier alpha value is -1.89. The molecular formula is C18H31N2O6P. The molecule has 0 aromatic heterocycles. The summed E-state index contributed by atoms with van der Waals surface area (Å²) in [6.45, 7) is 11.2. The van der Waals surface area contributed by atoms with Crippen LogP contribution in [0.15, 0.2) is 24.3 Å². The number of aryl methyl sites for hydroxylation is 1. The Morgan fingerprint density at radius 1 is 1.00 bits per heavy atom. The Labute approximate surface area is 161 Å². The van der Waals surface area contributed by atoms with E-state index in [4.69, 9.17) is 19.1 Å². The Balaban J connectivity index is 0.00000153. The van der Waals surface area contributed by atoms with Crippen molar-refractivity contribution in [1.82, 2.24) is 10.6 Å². The lowest BCUT2D eigenvalue weighted by atomic mass is 10.0. The van der Waals surface area contributed by atoms with Gasteiger partial charge < -0.3 is 25.2 Å². The van der Waals surface area contributed by atoms with Gasteiger partial charge in [0.15, 0.2) is 0 Å². The standard InChI is InChI=1S/C18H28N2O3.H3O3P/c1-11(2)16(20-18(22)23-12(3)4)17(21)19-14(6)15-9-7-13(5)8-10-15;1-4(2)3/h7-12,14,16H,1-6H3,(H,19,21)(H,20,22);4H,(H2,1,2,3)/t14-,16?;/m0./s1. The van der Waals surface area contributed by atoms with Gasteiger partial charge >= 0.3 is 14.3 Å². The Morgan fingerprint density at radius 3 is 1.89 bits per heavy atom. The van der Waals surface area contributed by atoms with Crippen LogP contribution in [0.5, 0.6) is 0 Å². The molecule has 0 heterocycles. The number of amides is 2. The molecule has 1 rings (SSSR count). The van der Waals surface area contributed by atoms with Crippen LogP contribution in [0.3, 0.4) is 0 Å². The average molecular weight is 402 g/mol. The molecule has 2 atom stereocenters. The van der Waals surface area contributed by atoms with Crippen molar-refractivity contribution in [1.29, 1.82) is 0 Å². The van der Waals surface area contributed by atoms with Gasteiger partial charge in [-0.05, 0) is 39.2 Å². The molecule has 1 aromatic rings. The number of hydrogen-bond donors (Lipinski definition) is 4. The van der Waals surface area contributed by atoms with Crippen LogP contribution in [0, 0.1) is 12.8 Å². The van der Waals surface area contributed by atoms with Crippen LogP contribution < -0.4 is 10.6 Å². The summed E-state index contributed by atoms with van der Waals surface area (Å²) in [7, 11) is -3.13. The second-order valence-electron chi connectivity index (χ2n) is 6.74. The minimum Gasteiger partial charge on any atom is -0.447 e. The smallest absolute Gasteiger partial charge is 0.408 e. The fraction of sp³-hybridized carbons (Fsp3) is 0.556. The first-order chi connectivity index (χ1) is 12.4. The van der Waals surface area contributed by atoms with Crippen molar-refractivity contribution < 1.29 is 28.7 Å². The second-order valence-corrected chi connectivity index (χ2v) is 7.31. The van der Waals surface area contributed by atoms with Gasteiger partial charge in [0, 0.05) is 0 Å². The summed E-state index contributed by atoms with van der Waals surface area (Å²) in [6.07, 6.45) is -0.797. The molecule has 0 spiro atoms. The molecule has 0 aliphatic heterocycles. The van der Waals surface area contributed by atoms with Gasteiger partial charge in [-0.1, -0.05) is 43.7 Å². The van der Waals surface area contributed by atoms with E-state index < -0.39 is 20.4 Å². The summed E-state index contributed by atoms with van der Waals surface area (Å²) in [5.74, 6) is -0.256. The third-order valence-corrected chi connectivity index (χ3v) is 3.50. The van der Waals surface area contributed by atoms with E-state index in [0.29, 0.717) is 0 Å². The van der Waals surface area contributed by atoms with Crippen LogP contribution in [0.25, 0.3) is 0 Å². The number of hydrogen-bond acceptors (Lipinski definition) is 4. The zero-order valence-corrected chi connectivity index (χ0v) is 17.6. The highest BCUT2D eigenvalue weighted by Gasteiger charge is 2.26. The van der Waals surface area contributed by atoms with E-state index in [1.807, 2.05) is 52.0 Å². The van der Waals surface area contributed by atoms with E-state index >= 15 is 0 Å². The van der Waals surface area contributed by atoms with Crippen LogP contribution in [-0.4, -0.2) is 33.9 Å². The van der Waals surface area contributed by atoms with Crippen LogP contribution >= 0.6 is 8.25 Å². The van der Waals surface area contributed by atoms with Crippen molar-refractivity contribution in [3.8, 4) is 0 Å². The van der Waals surface area contributed by atoms with Crippen molar-refractivity contribution in [2.45, 2.75) is 59.7 Å². The van der Waals surface area contributed by atoms with Gasteiger partial charge in [-0.3, -0.25) is 9.36 Å². The van der Waals surface area contributed by atoms with Crippen molar-refractivity contribution in [3.63, 3.8) is 0 Å². The number of ether oxygens (including phenoxy) is 1. The summed E-state index contributed by atoms with van der Waals surface area (Å²) >= 11 is 0. The molecule has 2 amide bonds. The van der Waals surface area contributed by atoms with Gasteiger partial charge in [0.05, 0.1) is 12.1 Å². The molecule has 8 nitrogen and oxygen atoms in total. The van der Waals surface area contributed by atoms with E-state index in [9.17, 15) is 9.59 Å². The highest BCUT2D eigenvalue weighted by atomic mass is 31.1. The number of nitrogens with one attached hydrogen (secondary N) is 2. The van der Waals surface area contributed by atoms with Crippen molar-refractivity contribution in [3.05, 3.63) is 35.4 Å². The largest absolute Gasteiger partial charge is 0.447 e. The lowest BCUT2D eigenvalue weighted by Gasteiger charge is -2.24. The van der Waals surface area contributed by atoms with E-state index in [1.165, 1.54) is 5.56 Å². The first-order valence-corrected chi connectivity index (χ1v) is 10.00. The summed E-state index contributed by atoms with van der Waals surface area (Å²) in [6, 6.07) is 7.24. The molecule has 1 unspecified atom stereocenters. The molecule has 0 bridgehead atoms. The summed E-state index contributed by atoms with van der Waals surface area (Å²) in [5.41, 5.74) is 2.20. The first kappa shape index (κ1) is 25.1. The molecule has 9 heteroatoms. The van der Waals surface area contributed by atoms with Crippen LogP contribution in [0.4, 0.5) is 4.79 Å². The molecule has 1 aromatic carbocycles. The molecule has 0 saturated carbocycles. The van der Waals surface area contributed by atoms with Crippen molar-refractivity contribution >= 4 is 20.3 Å². The van der Waals surface area contributed by atoms with Gasteiger partial charge in [-0.25, -0.2) is 4.79 Å². The molecule has 0 saturated heterocycles. The van der Waals surface area contributed by atoms with E-state index in [-0.39, 0.29) is 24.0 Å². The molecule has 4 N–H and O–H groups in total. The highest BCUT2D eigenvalue weighted by Crippen LogP contribution is 2.14. The normalized spacial score (nSPS) is 12.9. The van der Waals surface area contributed by atoms with Gasteiger partial charge in [0.1, 0.15) is 6.04 Å². The Morgan fingerprint density at radius 2 is 1.48 bits per heavy atom. The number of alkyl carbamates (subject to hydrolysis) is 1. The van der Waals surface area contributed by atoms with Crippen LogP contribution in [0.1, 0.15) is 51.8 Å². The quantitative estimate of drug-likeness (QED) is 0.542. The lowest BCUT2D eigenvalue weighted by molar-refractivity contribution is -0.124. The monoisotopic (exact) mass is 402 g/mol. The predicted octanol–water partition coefficient (Wildman–Crippen LogP) is 2.69. The third kappa shape index (κ3) is 11.4. The molecule has 0 fully saturated rings. The van der Waals surface area contributed by atoms with Crippen LogP contribution in [0.2, 0.25) is 0 Å². The zero-order valence-electron chi connectivity index (χ0n) is 16.6. The molecule has 0 aliphatic carbocycles. The fourth-order valence-electron chi connectivity index (χ4n) is 2.15. The van der Waals surface area contributed by atoms with Crippen molar-refractivity contribution in [2.24, 2.45) is 5.92 Å². The van der Waals surface area contributed by atoms with E-state index in [2.05, 4.69) is 10.6 Å². The maximum atomic E-state index is 12.5. The first-order valence-electron chi connectivity index (χ1n) is 8.70. The minimum absolute atomic E-state index is 0.0417. The van der Waals surface area contributed by atoms with Gasteiger partial charge in [-0.2, -0.15) is 0 Å². The topological polar surface area (TPSA) is 125 Å². The van der Waals surface area contributed by atoms with E-state index in [0.717, 1.165) is 5.56 Å². The lowest BCUT2D eigenvalue weighted by Crippen LogP contribution is -2.50. The third-order valence-electron chi connectivity index (χ3n) is 3.50. The van der Waals surface area contributed by atoms with Gasteiger partial charge in [0.2, 0.25) is 5.91 Å². The number of carbonyl (C=O) groups is 2. The Bertz CT molecular complexity index is 615. The maximum Gasteiger partial charge on any atom is 0.408 e. The van der Waals surface area contributed by atoms with E-state index in [1.54, 1.807) is 13.8 Å². The molecule has 0 radical (unpaired) electrons. The Kier molecular flexibility index (Phi) is 11.6. The fourth-order valence-corrected chi connectivity index (χ4v) is 2.15. The molecular weight excluding hydrogens is 371 g/mol. The molecule has 0 aliphatic rings. The number of benzene rings is 1. The molecule has 154 valence electrons. The SMILES string of the molecule is Cc1ccc([C@H](C)NC(=O)C(NC(=O)OC(C)C)C(C)C)cc1.O=[PH](O)O. The molecule has 27 heavy (non-hydrogen) atoms. The van der Waals surface area contributed by atoms with Crippen molar-refractivity contribution in [2.75, 3.05) is 0 Å². The van der Waals surface area contributed by atoms with Crippen LogP contribution in [-0.2, 0) is 14.1 Å². The predicted molar refractivity (Wildman–Crippen MR) is 105 cm³/mol.